The Morgan fingerprint density at radius 1 is 1.40 bits per heavy atom. The van der Waals surface area contributed by atoms with Crippen molar-refractivity contribution in [1.29, 1.82) is 0 Å². The molecule has 9 heteroatoms. The van der Waals surface area contributed by atoms with Crippen molar-refractivity contribution >= 4 is 46.5 Å². The van der Waals surface area contributed by atoms with Crippen molar-refractivity contribution in [1.82, 2.24) is 0 Å². The first-order chi connectivity index (χ1) is 9.35. The zero-order valence-electron chi connectivity index (χ0n) is 10.3. The van der Waals surface area contributed by atoms with Crippen molar-refractivity contribution < 1.29 is 19.2 Å². The fourth-order valence-electron chi connectivity index (χ4n) is 1.38. The maximum Gasteiger partial charge on any atom is 0.315 e. The number of carbonyl (C=O) groups is 2. The fraction of sp³-hybridized carbons (Fsp3) is 0.273. The van der Waals surface area contributed by atoms with Crippen molar-refractivity contribution in [3.05, 3.63) is 32.3 Å². The van der Waals surface area contributed by atoms with E-state index in [4.69, 9.17) is 23.2 Å². The summed E-state index contributed by atoms with van der Waals surface area (Å²) in [6.07, 6.45) is -0.560. The molecule has 0 aliphatic carbocycles. The van der Waals surface area contributed by atoms with Crippen LogP contribution in [0.2, 0.25) is 10.0 Å². The normalized spacial score (nSPS) is 9.95. The molecule has 0 aliphatic rings. The summed E-state index contributed by atoms with van der Waals surface area (Å²) in [5, 5.41) is 13.0. The topological polar surface area (TPSA) is 98.5 Å². The van der Waals surface area contributed by atoms with Gasteiger partial charge in [0, 0.05) is 5.02 Å². The van der Waals surface area contributed by atoms with Gasteiger partial charge in [-0.25, -0.2) is 0 Å². The Balaban J connectivity index is 2.94. The van der Waals surface area contributed by atoms with E-state index in [-0.39, 0.29) is 22.3 Å². The van der Waals surface area contributed by atoms with Crippen LogP contribution in [-0.4, -0.2) is 23.4 Å². The third-order valence-corrected chi connectivity index (χ3v) is 2.60. The number of nitrogens with one attached hydrogen (secondary N) is 1. The molecule has 0 heterocycles. The molecule has 0 fully saturated rings. The van der Waals surface area contributed by atoms with Crippen molar-refractivity contribution in [2.45, 2.75) is 13.3 Å². The van der Waals surface area contributed by atoms with E-state index in [9.17, 15) is 19.7 Å². The van der Waals surface area contributed by atoms with Crippen LogP contribution in [0, 0.1) is 10.1 Å². The second kappa shape index (κ2) is 7.06. The van der Waals surface area contributed by atoms with Gasteiger partial charge in [0.2, 0.25) is 5.91 Å². The molecule has 108 valence electrons. The molecule has 0 atom stereocenters. The maximum absolute atomic E-state index is 11.6. The Kier molecular flexibility index (Phi) is 5.72. The zero-order valence-corrected chi connectivity index (χ0v) is 11.8. The number of nitro benzene ring substituents is 1. The summed E-state index contributed by atoms with van der Waals surface area (Å²) >= 11 is 11.4. The molecule has 0 unspecified atom stereocenters. The highest BCUT2D eigenvalue weighted by Gasteiger charge is 2.22. The third kappa shape index (κ3) is 4.36. The highest BCUT2D eigenvalue weighted by atomic mass is 35.5. The summed E-state index contributed by atoms with van der Waals surface area (Å²) in [5.74, 6) is -1.49. The molecule has 7 nitrogen and oxygen atoms in total. The molecule has 1 N–H and O–H groups in total. The van der Waals surface area contributed by atoms with Gasteiger partial charge in [-0.15, -0.1) is 0 Å². The van der Waals surface area contributed by atoms with Crippen LogP contribution in [0.4, 0.5) is 11.4 Å². The molecule has 20 heavy (non-hydrogen) atoms. The number of anilines is 1. The van der Waals surface area contributed by atoms with E-state index in [1.165, 1.54) is 12.1 Å². The lowest BCUT2D eigenvalue weighted by Gasteiger charge is -2.07. The first-order valence-electron chi connectivity index (χ1n) is 5.44. The smallest absolute Gasteiger partial charge is 0.315 e. The second-order valence-electron chi connectivity index (χ2n) is 3.57. The number of benzene rings is 1. The number of rotatable bonds is 5. The number of esters is 1. The Hall–Kier alpha value is -1.86. The van der Waals surface area contributed by atoms with Gasteiger partial charge in [0.1, 0.15) is 17.1 Å². The van der Waals surface area contributed by atoms with Gasteiger partial charge >= 0.3 is 11.7 Å². The van der Waals surface area contributed by atoms with Crippen LogP contribution in [0.3, 0.4) is 0 Å². The van der Waals surface area contributed by atoms with E-state index in [0.29, 0.717) is 0 Å². The quantitative estimate of drug-likeness (QED) is 0.389. The number of nitrogens with zero attached hydrogens (tertiary/aromatic N) is 1. The van der Waals surface area contributed by atoms with Crippen LogP contribution >= 0.6 is 23.2 Å². The predicted octanol–water partition coefficient (Wildman–Crippen LogP) is 2.79. The fourth-order valence-corrected chi connectivity index (χ4v) is 1.95. The van der Waals surface area contributed by atoms with Gasteiger partial charge in [-0.2, -0.15) is 0 Å². The summed E-state index contributed by atoms with van der Waals surface area (Å²) in [7, 11) is 0. The molecule has 1 aromatic carbocycles. The van der Waals surface area contributed by atoms with Gasteiger partial charge in [-0.3, -0.25) is 19.7 Å². The van der Waals surface area contributed by atoms with Crippen LogP contribution in [0.25, 0.3) is 0 Å². The monoisotopic (exact) mass is 320 g/mol. The summed E-state index contributed by atoms with van der Waals surface area (Å²) in [5.41, 5.74) is -0.671. The lowest BCUT2D eigenvalue weighted by Crippen LogP contribution is -2.18. The summed E-state index contributed by atoms with van der Waals surface area (Å²) < 4.78 is 4.59. The summed E-state index contributed by atoms with van der Waals surface area (Å²) in [6, 6.07) is 2.36. The first-order valence-corrected chi connectivity index (χ1v) is 6.19. The molecule has 0 radical (unpaired) electrons. The van der Waals surface area contributed by atoms with Gasteiger partial charge in [0.25, 0.3) is 0 Å². The number of amides is 1. The number of ether oxygens (including phenoxy) is 1. The molecule has 0 spiro atoms. The van der Waals surface area contributed by atoms with Crippen LogP contribution in [0.1, 0.15) is 13.3 Å². The van der Waals surface area contributed by atoms with Gasteiger partial charge in [-0.1, -0.05) is 23.2 Å². The van der Waals surface area contributed by atoms with Gasteiger partial charge in [-0.05, 0) is 19.1 Å². The Morgan fingerprint density at radius 2 is 2.05 bits per heavy atom. The van der Waals surface area contributed by atoms with Gasteiger partial charge < -0.3 is 10.1 Å². The molecule has 1 amide bonds. The average Bonchev–Trinajstić information content (AvgIpc) is 2.26. The molecular weight excluding hydrogens is 311 g/mol. The lowest BCUT2D eigenvalue weighted by molar-refractivity contribution is -0.383. The van der Waals surface area contributed by atoms with Crippen molar-refractivity contribution in [3.63, 3.8) is 0 Å². The average molecular weight is 321 g/mol. The molecular formula is C11H10Cl2N2O5. The number of nitro groups is 1. The van der Waals surface area contributed by atoms with E-state index in [1.807, 2.05) is 0 Å². The van der Waals surface area contributed by atoms with Crippen LogP contribution in [0.15, 0.2) is 12.1 Å². The number of carbonyl (C=O) groups excluding carboxylic acids is 2. The Morgan fingerprint density at radius 3 is 2.60 bits per heavy atom. The molecule has 1 rings (SSSR count). The molecule has 0 bridgehead atoms. The van der Waals surface area contributed by atoms with Gasteiger partial charge in [0.05, 0.1) is 11.5 Å². The first kappa shape index (κ1) is 16.2. The van der Waals surface area contributed by atoms with Crippen molar-refractivity contribution in [2.24, 2.45) is 0 Å². The molecule has 0 aromatic heterocycles. The predicted molar refractivity (Wildman–Crippen MR) is 73.0 cm³/mol. The van der Waals surface area contributed by atoms with Crippen LogP contribution in [0.5, 0.6) is 0 Å². The SMILES string of the molecule is CCOC(=O)CC(=O)Nc1cc(Cl)cc(Cl)c1[N+](=O)[O-]. The molecule has 1 aromatic rings. The minimum Gasteiger partial charge on any atom is -0.466 e. The molecule has 0 saturated heterocycles. The standard InChI is InChI=1S/C11H10Cl2N2O5/c1-2-20-10(17)5-9(16)14-8-4-6(12)3-7(13)11(8)15(18)19/h3-4H,2,5H2,1H3,(H,14,16). The number of hydrogen-bond donors (Lipinski definition) is 1. The van der Waals surface area contributed by atoms with E-state index in [1.54, 1.807) is 6.92 Å². The molecule has 0 aliphatic heterocycles. The van der Waals surface area contributed by atoms with Crippen molar-refractivity contribution in [3.8, 4) is 0 Å². The maximum atomic E-state index is 11.6. The van der Waals surface area contributed by atoms with Gasteiger partial charge in [0.15, 0.2) is 0 Å². The van der Waals surface area contributed by atoms with Crippen LogP contribution in [-0.2, 0) is 14.3 Å². The Labute approximate surface area is 124 Å². The Bertz CT molecular complexity index is 562. The van der Waals surface area contributed by atoms with E-state index < -0.39 is 28.9 Å². The van der Waals surface area contributed by atoms with E-state index in [0.717, 1.165) is 0 Å². The second-order valence-corrected chi connectivity index (χ2v) is 4.41. The number of halogens is 2. The molecule has 0 saturated carbocycles. The summed E-state index contributed by atoms with van der Waals surface area (Å²) in [6.45, 7) is 1.73. The van der Waals surface area contributed by atoms with Crippen LogP contribution < -0.4 is 5.32 Å². The third-order valence-electron chi connectivity index (χ3n) is 2.10. The highest BCUT2D eigenvalue weighted by molar-refractivity contribution is 6.37. The zero-order chi connectivity index (χ0) is 15.3. The van der Waals surface area contributed by atoms with E-state index in [2.05, 4.69) is 10.1 Å². The van der Waals surface area contributed by atoms with Crippen molar-refractivity contribution in [2.75, 3.05) is 11.9 Å². The minimum atomic E-state index is -0.759. The summed E-state index contributed by atoms with van der Waals surface area (Å²) in [4.78, 5) is 32.8. The largest absolute Gasteiger partial charge is 0.466 e. The minimum absolute atomic E-state index is 0.118. The highest BCUT2D eigenvalue weighted by Crippen LogP contribution is 2.35. The van der Waals surface area contributed by atoms with E-state index >= 15 is 0 Å². The number of hydrogen-bond acceptors (Lipinski definition) is 5. The lowest BCUT2D eigenvalue weighted by atomic mass is 10.2.